The zero-order chi connectivity index (χ0) is 31.7. The number of carbonyl (C=O) groups excluding carboxylic acids is 2. The first-order valence-electron chi connectivity index (χ1n) is 13.7. The predicted octanol–water partition coefficient (Wildman–Crippen LogP) is 4.49. The standard InChI is InChI=1S/C31H42N2O8S/c1-19-10-16-22(17-11-19)42(37,38)33-32-23-18-31(8,36)26(28(35)41-30(5,6)7)24(20-12-14-21(39-9)15-13-20)25(23)27(34)40-29(2,3)4/h10-17,24-26,33,36H,18H2,1-9H3/b32-23-/t24-,25-,26+,31+/m1/s1. The molecule has 0 spiro atoms. The zero-order valence-electron chi connectivity index (χ0n) is 25.7. The lowest BCUT2D eigenvalue weighted by Gasteiger charge is -2.46. The number of hydrogen-bond donors (Lipinski definition) is 2. The van der Waals surface area contributed by atoms with Gasteiger partial charge in [0.15, 0.2) is 0 Å². The van der Waals surface area contributed by atoms with Crippen LogP contribution in [-0.4, -0.2) is 55.1 Å². The maximum Gasteiger partial charge on any atom is 0.315 e. The highest BCUT2D eigenvalue weighted by Gasteiger charge is 2.57. The van der Waals surface area contributed by atoms with E-state index >= 15 is 0 Å². The maximum atomic E-state index is 13.9. The van der Waals surface area contributed by atoms with E-state index in [1.807, 2.05) is 6.92 Å². The van der Waals surface area contributed by atoms with Gasteiger partial charge in [-0.05, 0) is 85.2 Å². The molecule has 11 heteroatoms. The van der Waals surface area contributed by atoms with E-state index in [0.717, 1.165) is 5.56 Å². The van der Waals surface area contributed by atoms with Crippen LogP contribution in [0.3, 0.4) is 0 Å². The Labute approximate surface area is 248 Å². The molecule has 0 bridgehead atoms. The number of nitrogens with zero attached hydrogens (tertiary/aromatic N) is 1. The normalized spacial score (nSPS) is 24.1. The number of sulfonamides is 1. The molecule has 0 aliphatic heterocycles. The number of benzene rings is 2. The Hall–Kier alpha value is -3.44. The first-order valence-corrected chi connectivity index (χ1v) is 15.2. The summed E-state index contributed by atoms with van der Waals surface area (Å²) in [4.78, 5) is 29.8. The van der Waals surface area contributed by atoms with Gasteiger partial charge in [-0.2, -0.15) is 13.5 Å². The number of carbonyl (C=O) groups is 2. The summed E-state index contributed by atoms with van der Waals surface area (Å²) in [7, 11) is -2.61. The second kappa shape index (κ2) is 12.0. The lowest BCUT2D eigenvalue weighted by Crippen LogP contribution is -2.56. The number of hydrazone groups is 1. The van der Waals surface area contributed by atoms with Crippen molar-refractivity contribution >= 4 is 27.7 Å². The number of esters is 2. The molecule has 0 amide bonds. The molecule has 0 unspecified atom stereocenters. The lowest BCUT2D eigenvalue weighted by molar-refractivity contribution is -0.175. The Balaban J connectivity index is 2.22. The molecule has 2 aromatic rings. The van der Waals surface area contributed by atoms with Gasteiger partial charge in [-0.3, -0.25) is 9.59 Å². The number of aryl methyl sites for hydroxylation is 1. The second-order valence-corrected chi connectivity index (χ2v) is 14.5. The quantitative estimate of drug-likeness (QED) is 0.349. The van der Waals surface area contributed by atoms with Crippen molar-refractivity contribution in [2.75, 3.05) is 7.11 Å². The molecule has 3 rings (SSSR count). The fourth-order valence-electron chi connectivity index (χ4n) is 5.00. The van der Waals surface area contributed by atoms with Crippen LogP contribution in [0.15, 0.2) is 58.5 Å². The Bertz CT molecular complexity index is 1420. The summed E-state index contributed by atoms with van der Waals surface area (Å²) in [6.45, 7) is 13.5. The minimum absolute atomic E-state index is 0.0190. The fourth-order valence-corrected chi connectivity index (χ4v) is 5.83. The topological polar surface area (TPSA) is 141 Å². The van der Waals surface area contributed by atoms with E-state index in [0.29, 0.717) is 11.3 Å². The summed E-state index contributed by atoms with van der Waals surface area (Å²) < 4.78 is 43.0. The van der Waals surface area contributed by atoms with Crippen LogP contribution < -0.4 is 9.57 Å². The fraction of sp³-hybridized carbons (Fsp3) is 0.516. The van der Waals surface area contributed by atoms with Gasteiger partial charge in [0, 0.05) is 12.3 Å². The van der Waals surface area contributed by atoms with Crippen molar-refractivity contribution < 1.29 is 37.3 Å². The SMILES string of the molecule is COc1ccc([C@@H]2[C@H](C(=O)OC(C)(C)C)/C(=N\NS(=O)(=O)c3ccc(C)cc3)C[C@](C)(O)[C@@H]2C(=O)OC(C)(C)C)cc1. The Morgan fingerprint density at radius 3 is 1.95 bits per heavy atom. The van der Waals surface area contributed by atoms with E-state index < -0.39 is 56.5 Å². The van der Waals surface area contributed by atoms with Crippen LogP contribution >= 0.6 is 0 Å². The lowest BCUT2D eigenvalue weighted by atomic mass is 9.61. The molecule has 0 heterocycles. The first-order chi connectivity index (χ1) is 19.2. The molecule has 2 aromatic carbocycles. The molecule has 0 saturated heterocycles. The van der Waals surface area contributed by atoms with Crippen LogP contribution in [-0.2, 0) is 29.1 Å². The molecule has 1 saturated carbocycles. The van der Waals surface area contributed by atoms with Crippen molar-refractivity contribution in [3.05, 3.63) is 59.7 Å². The Morgan fingerprint density at radius 2 is 1.45 bits per heavy atom. The van der Waals surface area contributed by atoms with E-state index in [2.05, 4.69) is 9.93 Å². The summed E-state index contributed by atoms with van der Waals surface area (Å²) in [6.07, 6.45) is -0.302. The zero-order valence-corrected chi connectivity index (χ0v) is 26.5. The van der Waals surface area contributed by atoms with E-state index in [-0.39, 0.29) is 17.0 Å². The van der Waals surface area contributed by atoms with Gasteiger partial charge in [0.25, 0.3) is 10.0 Å². The number of hydrogen-bond acceptors (Lipinski definition) is 9. The van der Waals surface area contributed by atoms with Gasteiger partial charge in [0.2, 0.25) is 0 Å². The van der Waals surface area contributed by atoms with Gasteiger partial charge < -0.3 is 19.3 Å². The monoisotopic (exact) mass is 602 g/mol. The van der Waals surface area contributed by atoms with Gasteiger partial charge in [-0.15, -0.1) is 0 Å². The number of nitrogens with one attached hydrogen (secondary N) is 1. The van der Waals surface area contributed by atoms with Crippen LogP contribution in [0, 0.1) is 18.8 Å². The number of rotatable bonds is 7. The summed E-state index contributed by atoms with van der Waals surface area (Å²) in [5, 5.41) is 16.0. The van der Waals surface area contributed by atoms with Crippen molar-refractivity contribution in [1.82, 2.24) is 4.83 Å². The van der Waals surface area contributed by atoms with Crippen LogP contribution in [0.1, 0.15) is 71.9 Å². The Kier molecular flexibility index (Phi) is 9.48. The number of ether oxygens (including phenoxy) is 3. The third-order valence-electron chi connectivity index (χ3n) is 6.75. The third-order valence-corrected chi connectivity index (χ3v) is 7.97. The van der Waals surface area contributed by atoms with Crippen LogP contribution in [0.5, 0.6) is 5.75 Å². The van der Waals surface area contributed by atoms with Crippen LogP contribution in [0.4, 0.5) is 0 Å². The molecule has 42 heavy (non-hydrogen) atoms. The van der Waals surface area contributed by atoms with Gasteiger partial charge in [-0.1, -0.05) is 29.8 Å². The van der Waals surface area contributed by atoms with Crippen molar-refractivity contribution in [2.24, 2.45) is 16.9 Å². The number of methoxy groups -OCH3 is 1. The molecule has 2 N–H and O–H groups in total. The van der Waals surface area contributed by atoms with Crippen LogP contribution in [0.2, 0.25) is 0 Å². The molecule has 1 aliphatic carbocycles. The second-order valence-electron chi connectivity index (χ2n) is 12.9. The molecule has 1 fully saturated rings. The third kappa shape index (κ3) is 8.10. The highest BCUT2D eigenvalue weighted by molar-refractivity contribution is 7.89. The van der Waals surface area contributed by atoms with Crippen molar-refractivity contribution in [3.63, 3.8) is 0 Å². The smallest absolute Gasteiger partial charge is 0.315 e. The average Bonchev–Trinajstić information content (AvgIpc) is 2.84. The molecule has 230 valence electrons. The molecule has 0 aromatic heterocycles. The van der Waals surface area contributed by atoms with Crippen molar-refractivity contribution in [3.8, 4) is 5.75 Å². The maximum absolute atomic E-state index is 13.9. The van der Waals surface area contributed by atoms with Gasteiger partial charge in [0.1, 0.15) is 22.9 Å². The minimum Gasteiger partial charge on any atom is -0.497 e. The minimum atomic E-state index is -4.12. The molecular formula is C31H42N2O8S. The largest absolute Gasteiger partial charge is 0.497 e. The van der Waals surface area contributed by atoms with Gasteiger partial charge in [0.05, 0.1) is 29.2 Å². The van der Waals surface area contributed by atoms with E-state index in [9.17, 15) is 23.1 Å². The highest BCUT2D eigenvalue weighted by atomic mass is 32.2. The van der Waals surface area contributed by atoms with E-state index in [1.54, 1.807) is 77.9 Å². The van der Waals surface area contributed by atoms with Gasteiger partial charge >= 0.3 is 11.9 Å². The van der Waals surface area contributed by atoms with E-state index in [4.69, 9.17) is 14.2 Å². The Morgan fingerprint density at radius 1 is 0.929 bits per heavy atom. The summed E-state index contributed by atoms with van der Waals surface area (Å²) in [6, 6.07) is 12.9. The van der Waals surface area contributed by atoms with Crippen molar-refractivity contribution in [1.29, 1.82) is 0 Å². The first kappa shape index (κ1) is 33.1. The average molecular weight is 603 g/mol. The van der Waals surface area contributed by atoms with E-state index in [1.165, 1.54) is 26.2 Å². The summed E-state index contributed by atoms with van der Waals surface area (Å²) >= 11 is 0. The number of aliphatic hydroxyl groups is 1. The summed E-state index contributed by atoms with van der Waals surface area (Å²) in [5.41, 5.74) is -2.15. The highest BCUT2D eigenvalue weighted by Crippen LogP contribution is 2.48. The van der Waals surface area contributed by atoms with Crippen molar-refractivity contribution in [2.45, 2.75) is 89.4 Å². The molecule has 0 radical (unpaired) electrons. The molecule has 10 nitrogen and oxygen atoms in total. The van der Waals surface area contributed by atoms with Crippen LogP contribution in [0.25, 0.3) is 0 Å². The molecule has 1 aliphatic rings. The van der Waals surface area contributed by atoms with Gasteiger partial charge in [-0.25, -0.2) is 4.83 Å². The predicted molar refractivity (Wildman–Crippen MR) is 159 cm³/mol. The molecule has 4 atom stereocenters. The molecular weight excluding hydrogens is 560 g/mol. The summed E-state index contributed by atoms with van der Waals surface area (Å²) in [5.74, 6) is -4.37.